The predicted molar refractivity (Wildman–Crippen MR) is 145 cm³/mol. The fraction of sp³-hybridized carbons (Fsp3) is 0.621. The van der Waals surface area contributed by atoms with Crippen LogP contribution in [0.2, 0.25) is 0 Å². The number of likely N-dealkylation sites (tertiary alicyclic amines) is 1. The van der Waals surface area contributed by atoms with Gasteiger partial charge in [-0.15, -0.1) is 0 Å². The number of aryl methyl sites for hydroxylation is 1. The molecule has 0 N–H and O–H groups in total. The van der Waals surface area contributed by atoms with E-state index in [2.05, 4.69) is 5.10 Å². The predicted octanol–water partition coefficient (Wildman–Crippen LogP) is 7.30. The quantitative estimate of drug-likeness (QED) is 0.304. The Morgan fingerprint density at radius 3 is 2.05 bits per heavy atom. The molecule has 0 aliphatic carbocycles. The monoisotopic (exact) mass is 620 g/mol. The topological polar surface area (TPSA) is 76.9 Å². The van der Waals surface area contributed by atoms with Crippen LogP contribution in [0.15, 0.2) is 30.5 Å². The van der Waals surface area contributed by atoms with E-state index in [9.17, 15) is 35.9 Å². The van der Waals surface area contributed by atoms with Gasteiger partial charge in [-0.05, 0) is 76.8 Å². The van der Waals surface area contributed by atoms with Crippen molar-refractivity contribution in [3.8, 4) is 0 Å². The zero-order chi connectivity index (χ0) is 32.3. The first-order valence-electron chi connectivity index (χ1n) is 14.0. The van der Waals surface area contributed by atoms with Crippen molar-refractivity contribution >= 4 is 12.2 Å². The molecule has 1 fully saturated rings. The number of ether oxygens (including phenoxy) is 2. The van der Waals surface area contributed by atoms with Crippen LogP contribution in [0.5, 0.6) is 0 Å². The Bertz CT molecular complexity index is 1240. The Hall–Kier alpha value is -3.45. The number of amides is 2. The van der Waals surface area contributed by atoms with E-state index < -0.39 is 65.9 Å². The van der Waals surface area contributed by atoms with E-state index in [0.717, 1.165) is 17.7 Å². The third-order valence-electron chi connectivity index (χ3n) is 7.35. The molecule has 240 valence electrons. The lowest BCUT2D eigenvalue weighted by molar-refractivity contribution is -0.143. The van der Waals surface area contributed by atoms with Gasteiger partial charge in [0.1, 0.15) is 5.60 Å². The van der Waals surface area contributed by atoms with Gasteiger partial charge in [-0.2, -0.15) is 31.4 Å². The highest BCUT2D eigenvalue weighted by molar-refractivity contribution is 5.70. The second-order valence-corrected chi connectivity index (χ2v) is 11.6. The van der Waals surface area contributed by atoms with Crippen LogP contribution in [-0.4, -0.2) is 62.6 Å². The van der Waals surface area contributed by atoms with E-state index in [0.29, 0.717) is 31.5 Å². The summed E-state index contributed by atoms with van der Waals surface area (Å²) in [6, 6.07) is 1.41. The minimum atomic E-state index is -5.04. The van der Waals surface area contributed by atoms with E-state index >= 15 is 0 Å². The maximum Gasteiger partial charge on any atom is 0.416 e. The zero-order valence-corrected chi connectivity index (χ0v) is 25.1. The lowest BCUT2D eigenvalue weighted by Gasteiger charge is -2.47. The summed E-state index contributed by atoms with van der Waals surface area (Å²) in [5.74, 6) is 0. The fourth-order valence-corrected chi connectivity index (χ4v) is 5.49. The van der Waals surface area contributed by atoms with Crippen LogP contribution < -0.4 is 0 Å². The molecule has 0 bridgehead atoms. The molecule has 0 radical (unpaired) electrons. The molecular formula is C29H38F6N4O4. The summed E-state index contributed by atoms with van der Waals surface area (Å²) in [5, 5.41) is 4.29. The number of carbonyl (C=O) groups is 2. The molecular weight excluding hydrogens is 582 g/mol. The van der Waals surface area contributed by atoms with Crippen molar-refractivity contribution in [2.45, 2.75) is 109 Å². The summed E-state index contributed by atoms with van der Waals surface area (Å²) in [6.45, 7) is 8.97. The minimum absolute atomic E-state index is 0.0469. The van der Waals surface area contributed by atoms with E-state index in [1.165, 1.54) is 0 Å². The molecule has 0 unspecified atom stereocenters. The number of aromatic nitrogens is 2. The first-order chi connectivity index (χ1) is 19.9. The zero-order valence-electron chi connectivity index (χ0n) is 25.1. The van der Waals surface area contributed by atoms with Crippen LogP contribution in [0, 0.1) is 0 Å². The van der Waals surface area contributed by atoms with E-state index in [4.69, 9.17) is 9.47 Å². The standard InChI is InChI=1S/C29H38F6N4O4/c1-7-21-14-23(16-24(15-22-9-10-36-38(22)8-2)39(21)26(41)43-27(3,4)5)37(25(40)42-6)17-18-11-19(28(30,31)32)13-20(12-18)29(33,34)35/h9-13,21,23-24H,7-8,14-17H2,1-6H3/t21-,23+,24+/m1/s1. The van der Waals surface area contributed by atoms with E-state index in [1.807, 2.05) is 13.8 Å². The molecule has 1 aliphatic heterocycles. The van der Waals surface area contributed by atoms with E-state index in [-0.39, 0.29) is 24.5 Å². The summed E-state index contributed by atoms with van der Waals surface area (Å²) >= 11 is 0. The summed E-state index contributed by atoms with van der Waals surface area (Å²) in [5.41, 5.74) is -3.28. The SMILES string of the molecule is CC[C@@H]1C[C@H](N(Cc2cc(C(F)(F)F)cc(C(F)(F)F)c2)C(=O)OC)C[C@H](Cc2ccnn2CC)N1C(=O)OC(C)(C)C. The van der Waals surface area contributed by atoms with Crippen molar-refractivity contribution in [2.24, 2.45) is 0 Å². The molecule has 1 aromatic heterocycles. The van der Waals surface area contributed by atoms with Crippen LogP contribution in [0.1, 0.15) is 76.3 Å². The molecule has 1 aliphatic rings. The van der Waals surface area contributed by atoms with Crippen molar-refractivity contribution in [3.05, 3.63) is 52.8 Å². The molecule has 14 heteroatoms. The number of alkyl halides is 6. The largest absolute Gasteiger partial charge is 0.453 e. The molecule has 2 aromatic rings. The molecule has 1 saturated heterocycles. The molecule has 3 rings (SSSR count). The van der Waals surface area contributed by atoms with Crippen molar-refractivity contribution < 1.29 is 45.4 Å². The number of piperidine rings is 1. The Morgan fingerprint density at radius 1 is 0.977 bits per heavy atom. The molecule has 2 heterocycles. The number of halogens is 6. The summed E-state index contributed by atoms with van der Waals surface area (Å²) < 4.78 is 93.7. The highest BCUT2D eigenvalue weighted by Gasteiger charge is 2.44. The number of hydrogen-bond acceptors (Lipinski definition) is 5. The van der Waals surface area contributed by atoms with Gasteiger partial charge in [0.25, 0.3) is 0 Å². The van der Waals surface area contributed by atoms with Crippen molar-refractivity contribution in [1.29, 1.82) is 0 Å². The summed E-state index contributed by atoms with van der Waals surface area (Å²) in [4.78, 5) is 29.3. The summed E-state index contributed by atoms with van der Waals surface area (Å²) in [7, 11) is 1.09. The van der Waals surface area contributed by atoms with Gasteiger partial charge in [0.05, 0.1) is 18.2 Å². The Balaban J connectivity index is 2.05. The third-order valence-corrected chi connectivity index (χ3v) is 7.35. The fourth-order valence-electron chi connectivity index (χ4n) is 5.49. The number of nitrogens with zero attached hydrogens (tertiary/aromatic N) is 4. The lowest BCUT2D eigenvalue weighted by Crippen LogP contribution is -2.59. The highest BCUT2D eigenvalue weighted by Crippen LogP contribution is 2.38. The maximum atomic E-state index is 13.6. The van der Waals surface area contributed by atoms with Crippen LogP contribution in [0.3, 0.4) is 0 Å². The van der Waals surface area contributed by atoms with Gasteiger partial charge in [0, 0.05) is 49.5 Å². The molecule has 0 saturated carbocycles. The van der Waals surface area contributed by atoms with Crippen LogP contribution in [-0.2, 0) is 41.3 Å². The van der Waals surface area contributed by atoms with Gasteiger partial charge in [0.15, 0.2) is 0 Å². The molecule has 1 aromatic carbocycles. The minimum Gasteiger partial charge on any atom is -0.453 e. The first-order valence-corrected chi connectivity index (χ1v) is 14.0. The average Bonchev–Trinajstić information content (AvgIpc) is 3.35. The number of carbonyl (C=O) groups excluding carboxylic acids is 2. The average molecular weight is 621 g/mol. The van der Waals surface area contributed by atoms with Crippen molar-refractivity contribution in [2.75, 3.05) is 7.11 Å². The van der Waals surface area contributed by atoms with Gasteiger partial charge < -0.3 is 19.3 Å². The molecule has 2 amide bonds. The van der Waals surface area contributed by atoms with Crippen molar-refractivity contribution in [3.63, 3.8) is 0 Å². The molecule has 3 atom stereocenters. The van der Waals surface area contributed by atoms with Crippen molar-refractivity contribution in [1.82, 2.24) is 19.6 Å². The summed E-state index contributed by atoms with van der Waals surface area (Å²) in [6.07, 6.45) is -8.74. The third kappa shape index (κ3) is 8.56. The van der Waals surface area contributed by atoms with Gasteiger partial charge in [-0.25, -0.2) is 9.59 Å². The van der Waals surface area contributed by atoms with E-state index in [1.54, 1.807) is 42.6 Å². The van der Waals surface area contributed by atoms with Crippen LogP contribution in [0.25, 0.3) is 0 Å². The second kappa shape index (κ2) is 13.0. The first kappa shape index (κ1) is 34.0. The molecule has 0 spiro atoms. The van der Waals surface area contributed by atoms with Gasteiger partial charge in [0.2, 0.25) is 0 Å². The van der Waals surface area contributed by atoms with Gasteiger partial charge >= 0.3 is 24.5 Å². The Morgan fingerprint density at radius 2 is 1.56 bits per heavy atom. The second-order valence-electron chi connectivity index (χ2n) is 11.6. The Labute approximate surface area is 246 Å². The smallest absolute Gasteiger partial charge is 0.416 e. The number of rotatable bonds is 7. The Kier molecular flexibility index (Phi) is 10.3. The lowest BCUT2D eigenvalue weighted by atomic mass is 9.86. The maximum absolute atomic E-state index is 13.6. The highest BCUT2D eigenvalue weighted by atomic mass is 19.4. The molecule has 43 heavy (non-hydrogen) atoms. The number of hydrogen-bond donors (Lipinski definition) is 0. The number of benzene rings is 1. The number of methoxy groups -OCH3 is 1. The van der Waals surface area contributed by atoms with Gasteiger partial charge in [-0.3, -0.25) is 4.68 Å². The van der Waals surface area contributed by atoms with Crippen LogP contribution in [0.4, 0.5) is 35.9 Å². The van der Waals surface area contributed by atoms with Crippen LogP contribution >= 0.6 is 0 Å². The normalized spacial score (nSPS) is 19.7. The molecule has 8 nitrogen and oxygen atoms in total. The van der Waals surface area contributed by atoms with Gasteiger partial charge in [-0.1, -0.05) is 6.92 Å².